The van der Waals surface area contributed by atoms with E-state index in [9.17, 15) is 38.4 Å². The molecule has 6 atom stereocenters. The summed E-state index contributed by atoms with van der Waals surface area (Å²) in [6.07, 6.45) is 1.56. The van der Waals surface area contributed by atoms with E-state index in [1.807, 2.05) is 56.0 Å². The van der Waals surface area contributed by atoms with Crippen molar-refractivity contribution in [3.63, 3.8) is 0 Å². The van der Waals surface area contributed by atoms with Gasteiger partial charge in [0.15, 0.2) is 0 Å². The van der Waals surface area contributed by atoms with Crippen LogP contribution in [-0.4, -0.2) is 112 Å². The number of imide groups is 1. The fourth-order valence-corrected chi connectivity index (χ4v) is 8.62. The quantitative estimate of drug-likeness (QED) is 0.130. The standard InChI is InChI=1S/C45H56N8O10/c1-45(2,3)51-43(60)40-30-15-9-7-13-28(30)21-22-52(40)26-35(62-44(61)47-25-39(57)63-53-37(55)19-20-38(53)56)33(23-27-11-5-4-6-12-27)49-42(59)34(24-36(46)54)50-41(58)32-18-17-29-14-8-10-16-31(29)48-32/h4-6,8,10-12,14,16-18,28,30,33-35,40H,7,9,13,15,19-26H2,1-3H3,(H2,46,54)(H,47,61)(H,49,59)(H,50,58)(H,51,60)/t28?,30?,33-,34+,35+,40-/m1/s1. The van der Waals surface area contributed by atoms with Crippen molar-refractivity contribution >= 4 is 58.4 Å². The molecule has 0 bridgehead atoms. The maximum absolute atomic E-state index is 14.4. The zero-order valence-corrected chi connectivity index (χ0v) is 35.8. The number of nitrogens with two attached hydrogens (primary N) is 1. The van der Waals surface area contributed by atoms with E-state index in [0.717, 1.165) is 43.1 Å². The number of hydrogen-bond donors (Lipinski definition) is 5. The number of carbonyl (C=O) groups excluding carboxylic acids is 8. The van der Waals surface area contributed by atoms with E-state index in [0.29, 0.717) is 23.0 Å². The van der Waals surface area contributed by atoms with Crippen LogP contribution in [-0.2, 0) is 44.8 Å². The largest absolute Gasteiger partial charge is 0.443 e. The van der Waals surface area contributed by atoms with Gasteiger partial charge in [0.1, 0.15) is 24.4 Å². The minimum absolute atomic E-state index is 0.00244. The lowest BCUT2D eigenvalue weighted by Gasteiger charge is -2.48. The first kappa shape index (κ1) is 46.1. The third-order valence-corrected chi connectivity index (χ3v) is 11.5. The molecule has 63 heavy (non-hydrogen) atoms. The van der Waals surface area contributed by atoms with Gasteiger partial charge in [-0.25, -0.2) is 14.6 Å². The summed E-state index contributed by atoms with van der Waals surface area (Å²) in [6.45, 7) is 5.34. The van der Waals surface area contributed by atoms with Gasteiger partial charge in [-0.05, 0) is 76.1 Å². The predicted molar refractivity (Wildman–Crippen MR) is 228 cm³/mol. The van der Waals surface area contributed by atoms with Crippen molar-refractivity contribution in [2.45, 2.75) is 108 Å². The molecule has 1 aromatic heterocycles. The lowest BCUT2D eigenvalue weighted by molar-refractivity contribution is -0.196. The number of fused-ring (bicyclic) bond motifs is 2. The number of carbonyl (C=O) groups is 8. The third kappa shape index (κ3) is 12.6. The van der Waals surface area contributed by atoms with Crippen LogP contribution in [0.2, 0.25) is 0 Å². The van der Waals surface area contributed by atoms with E-state index >= 15 is 0 Å². The van der Waals surface area contributed by atoms with Crippen LogP contribution in [0.3, 0.4) is 0 Å². The number of nitrogens with zero attached hydrogens (tertiary/aromatic N) is 3. The van der Waals surface area contributed by atoms with E-state index in [2.05, 4.69) is 26.3 Å². The van der Waals surface area contributed by atoms with Crippen molar-refractivity contribution in [1.29, 1.82) is 0 Å². The number of likely N-dealkylation sites (tertiary alicyclic amines) is 1. The van der Waals surface area contributed by atoms with Gasteiger partial charge in [-0.2, -0.15) is 0 Å². The zero-order valence-electron chi connectivity index (χ0n) is 35.8. The Morgan fingerprint density at radius 2 is 1.57 bits per heavy atom. The molecule has 3 heterocycles. The molecule has 2 saturated heterocycles. The number of hydroxylamine groups is 2. The van der Waals surface area contributed by atoms with E-state index < -0.39 is 84.3 Å². The molecule has 1 saturated carbocycles. The molecular weight excluding hydrogens is 813 g/mol. The maximum atomic E-state index is 14.4. The van der Waals surface area contributed by atoms with Gasteiger partial charge in [0, 0.05) is 30.3 Å². The number of amides is 7. The summed E-state index contributed by atoms with van der Waals surface area (Å²) < 4.78 is 6.09. The van der Waals surface area contributed by atoms with Crippen LogP contribution < -0.4 is 27.0 Å². The second kappa shape index (κ2) is 20.6. The lowest BCUT2D eigenvalue weighted by atomic mass is 9.70. The molecule has 0 spiro atoms. The van der Waals surface area contributed by atoms with E-state index in [1.54, 1.807) is 30.3 Å². The number of para-hydroxylation sites is 1. The predicted octanol–water partition coefficient (Wildman–Crippen LogP) is 2.43. The Morgan fingerprint density at radius 1 is 0.873 bits per heavy atom. The summed E-state index contributed by atoms with van der Waals surface area (Å²) in [5.41, 5.74) is 6.32. The average molecular weight is 869 g/mol. The second-order valence-electron chi connectivity index (χ2n) is 17.4. The number of ether oxygens (including phenoxy) is 1. The first-order valence-corrected chi connectivity index (χ1v) is 21.4. The molecule has 1 aliphatic carbocycles. The van der Waals surface area contributed by atoms with Crippen LogP contribution in [0.25, 0.3) is 10.9 Å². The number of aromatic nitrogens is 1. The summed E-state index contributed by atoms with van der Waals surface area (Å²) >= 11 is 0. The minimum atomic E-state index is -1.48. The molecule has 3 fully saturated rings. The highest BCUT2D eigenvalue weighted by molar-refractivity contribution is 6.02. The summed E-state index contributed by atoms with van der Waals surface area (Å²) in [5.74, 6) is -4.77. The molecule has 6 rings (SSSR count). The van der Waals surface area contributed by atoms with Gasteiger partial charge in [0.2, 0.25) is 17.7 Å². The molecule has 336 valence electrons. The molecule has 18 nitrogen and oxygen atoms in total. The van der Waals surface area contributed by atoms with E-state index in [-0.39, 0.29) is 43.3 Å². The van der Waals surface area contributed by atoms with Crippen molar-refractivity contribution in [2.75, 3.05) is 19.6 Å². The SMILES string of the molecule is CC(C)(C)NC(=O)[C@H]1C2CCCCC2CCN1C[C@H](OC(=O)NCC(=O)ON1C(=O)CCC1=O)[C@@H](Cc1ccccc1)NC(=O)[C@H](CC(N)=O)NC(=O)c1ccc2ccccc2n1. The molecule has 7 amide bonds. The highest BCUT2D eigenvalue weighted by atomic mass is 16.7. The first-order chi connectivity index (χ1) is 30.0. The van der Waals surface area contributed by atoms with E-state index in [4.69, 9.17) is 15.3 Å². The van der Waals surface area contributed by atoms with Crippen molar-refractivity contribution in [1.82, 2.24) is 36.2 Å². The summed E-state index contributed by atoms with van der Waals surface area (Å²) in [4.78, 5) is 116. The topological polar surface area (TPSA) is 249 Å². The Labute approximate surface area is 365 Å². The van der Waals surface area contributed by atoms with Gasteiger partial charge >= 0.3 is 12.1 Å². The third-order valence-electron chi connectivity index (χ3n) is 11.5. The van der Waals surface area contributed by atoms with Gasteiger partial charge in [-0.15, -0.1) is 5.06 Å². The van der Waals surface area contributed by atoms with Crippen LogP contribution in [0.5, 0.6) is 0 Å². The Morgan fingerprint density at radius 3 is 2.29 bits per heavy atom. The summed E-state index contributed by atoms with van der Waals surface area (Å²) in [5, 5.41) is 12.1. The highest BCUT2D eigenvalue weighted by Crippen LogP contribution is 2.40. The number of pyridine rings is 1. The number of primary amides is 1. The van der Waals surface area contributed by atoms with Gasteiger partial charge < -0.3 is 36.6 Å². The Balaban J connectivity index is 1.30. The van der Waals surface area contributed by atoms with Crippen LogP contribution in [0.15, 0.2) is 66.7 Å². The second-order valence-corrected chi connectivity index (χ2v) is 17.4. The summed E-state index contributed by atoms with van der Waals surface area (Å²) in [7, 11) is 0. The van der Waals surface area contributed by atoms with Crippen molar-refractivity contribution in [3.05, 3.63) is 78.0 Å². The Bertz CT molecular complexity index is 2180. The number of benzene rings is 2. The Hall–Kier alpha value is -6.43. The van der Waals surface area contributed by atoms with Crippen LogP contribution >= 0.6 is 0 Å². The molecular formula is C45H56N8O10. The van der Waals surface area contributed by atoms with Crippen molar-refractivity contribution < 1.29 is 47.9 Å². The summed E-state index contributed by atoms with van der Waals surface area (Å²) in [6, 6.07) is 16.3. The van der Waals surface area contributed by atoms with Crippen LogP contribution in [0.1, 0.15) is 88.2 Å². The number of piperidine rings is 1. The van der Waals surface area contributed by atoms with Gasteiger partial charge in [0.05, 0.1) is 24.0 Å². The normalized spacial score (nSPS) is 20.4. The van der Waals surface area contributed by atoms with E-state index in [1.165, 1.54) is 6.07 Å². The molecule has 2 unspecified atom stereocenters. The number of alkyl carbamates (subject to hydrolysis) is 1. The average Bonchev–Trinajstić information content (AvgIpc) is 3.56. The molecule has 0 radical (unpaired) electrons. The van der Waals surface area contributed by atoms with Crippen LogP contribution in [0.4, 0.5) is 4.79 Å². The zero-order chi connectivity index (χ0) is 45.3. The fourth-order valence-electron chi connectivity index (χ4n) is 8.62. The van der Waals surface area contributed by atoms with Crippen molar-refractivity contribution in [2.24, 2.45) is 17.6 Å². The Kier molecular flexibility index (Phi) is 15.1. The molecule has 18 heteroatoms. The van der Waals surface area contributed by atoms with Crippen molar-refractivity contribution in [3.8, 4) is 0 Å². The number of rotatable bonds is 16. The minimum Gasteiger partial charge on any atom is -0.443 e. The smallest absolute Gasteiger partial charge is 0.408 e. The molecule has 3 aliphatic rings. The maximum Gasteiger partial charge on any atom is 0.408 e. The molecule has 3 aromatic rings. The van der Waals surface area contributed by atoms with Gasteiger partial charge in [-0.3, -0.25) is 33.7 Å². The van der Waals surface area contributed by atoms with Crippen LogP contribution in [0, 0.1) is 11.8 Å². The monoisotopic (exact) mass is 868 g/mol. The van der Waals surface area contributed by atoms with Gasteiger partial charge in [0.25, 0.3) is 17.7 Å². The molecule has 6 N–H and O–H groups in total. The fraction of sp³-hybridized carbons (Fsp3) is 0.489. The first-order valence-electron chi connectivity index (χ1n) is 21.4. The number of hydrogen-bond acceptors (Lipinski definition) is 12. The number of nitrogens with one attached hydrogen (secondary N) is 4. The highest BCUT2D eigenvalue weighted by Gasteiger charge is 2.45. The lowest BCUT2D eigenvalue weighted by Crippen LogP contribution is -2.63. The van der Waals surface area contributed by atoms with Gasteiger partial charge in [-0.1, -0.05) is 73.9 Å². The molecule has 2 aromatic carbocycles. The molecule has 2 aliphatic heterocycles.